The topological polar surface area (TPSA) is 362 Å². The molecule has 4 fully saturated rings. The van der Waals surface area contributed by atoms with E-state index < -0.39 is 190 Å². The Kier molecular flexibility index (Phi) is 22.6. The van der Waals surface area contributed by atoms with Crippen LogP contribution >= 0.6 is 0 Å². The Morgan fingerprint density at radius 3 is 0.941 bits per heavy atom. The third-order valence-corrected chi connectivity index (χ3v) is 13.5. The molecule has 4 aliphatic heterocycles. The zero-order valence-electron chi connectivity index (χ0n) is 47.2. The van der Waals surface area contributed by atoms with Gasteiger partial charge in [0.2, 0.25) is 0 Å². The van der Waals surface area contributed by atoms with E-state index in [-0.39, 0.29) is 16.7 Å². The molecule has 4 saturated heterocycles. The molecule has 28 heteroatoms. The van der Waals surface area contributed by atoms with Gasteiger partial charge in [0.25, 0.3) is 0 Å². The number of aliphatic hydroxyl groups excluding tert-OH is 3. The molecule has 4 aliphatic rings. The molecule has 0 amide bonds. The van der Waals surface area contributed by atoms with Crippen molar-refractivity contribution in [3.63, 3.8) is 0 Å². The Balaban J connectivity index is 1.37. The highest BCUT2D eigenvalue weighted by atomic mass is 16.8. The van der Waals surface area contributed by atoms with Gasteiger partial charge in [-0.3, -0.25) is 28.8 Å². The first-order valence-corrected chi connectivity index (χ1v) is 26.8. The van der Waals surface area contributed by atoms with Crippen LogP contribution in [0.5, 0.6) is 0 Å². The lowest BCUT2D eigenvalue weighted by Crippen LogP contribution is -2.69. The quantitative estimate of drug-likeness (QED) is 0.106. The van der Waals surface area contributed by atoms with Gasteiger partial charge >= 0.3 is 53.7 Å². The normalized spacial score (nSPS) is 32.6. The maximum absolute atomic E-state index is 14.5. The standard InChI is InChI=1S/C57H66O28/c1-26-39(72-28(3)60)43(74-30(5)62)48(76-32(7)64)55(70-26)83-42-38(25-59)79-57(50(82-53(68)36-22-16-11-17-23-36)46(42)81-52(67)35-20-14-10-15-21-35)84-41-37(24-58)78-54(69)47(45(41)80-51(66)34-18-12-9-13-19-34)85-56-49(77-33(8)65)44(75-31(6)63)40(27(2)71-56)73-29(4)61/h9-23,26-27,37-50,54-59,69H,24-25H2,1-8H3/t26-,27-,37+,38+,39-,40-,41+,42+,43+,44+,45-,46-,47+,48+,49+,50+,54+,55-,56-,57-/m0/s1. The molecule has 0 spiro atoms. The Morgan fingerprint density at radius 2 is 0.600 bits per heavy atom. The lowest BCUT2D eigenvalue weighted by molar-refractivity contribution is -0.388. The monoisotopic (exact) mass is 1200 g/mol. The molecule has 0 aromatic heterocycles. The minimum absolute atomic E-state index is 0.0808. The molecule has 20 atom stereocenters. The van der Waals surface area contributed by atoms with Crippen molar-refractivity contribution in [3.8, 4) is 0 Å². The Hall–Kier alpha value is -7.51. The van der Waals surface area contributed by atoms with Crippen LogP contribution in [0.25, 0.3) is 0 Å². The van der Waals surface area contributed by atoms with Crippen molar-refractivity contribution in [2.24, 2.45) is 0 Å². The minimum atomic E-state index is -2.23. The van der Waals surface area contributed by atoms with Crippen molar-refractivity contribution in [1.82, 2.24) is 0 Å². The summed E-state index contributed by atoms with van der Waals surface area (Å²) in [5.74, 6) is -8.85. The fourth-order valence-corrected chi connectivity index (χ4v) is 9.97. The van der Waals surface area contributed by atoms with E-state index in [1.54, 1.807) is 18.2 Å². The highest BCUT2D eigenvalue weighted by Gasteiger charge is 2.60. The molecule has 462 valence electrons. The molecule has 0 radical (unpaired) electrons. The summed E-state index contributed by atoms with van der Waals surface area (Å²) in [7, 11) is 0. The van der Waals surface area contributed by atoms with Crippen molar-refractivity contribution in [3.05, 3.63) is 108 Å². The number of hydrogen-bond donors (Lipinski definition) is 3. The van der Waals surface area contributed by atoms with E-state index in [2.05, 4.69) is 0 Å². The van der Waals surface area contributed by atoms with E-state index in [0.717, 1.165) is 41.5 Å². The molecule has 3 N–H and O–H groups in total. The molecule has 28 nitrogen and oxygen atoms in total. The van der Waals surface area contributed by atoms with Gasteiger partial charge in [0.05, 0.1) is 42.1 Å². The molecule has 3 aromatic carbocycles. The van der Waals surface area contributed by atoms with Crippen LogP contribution in [0.2, 0.25) is 0 Å². The van der Waals surface area contributed by atoms with Crippen LogP contribution in [0.4, 0.5) is 0 Å². The molecular weight excluding hydrogens is 1130 g/mol. The molecular formula is C57H66O28. The van der Waals surface area contributed by atoms with Gasteiger partial charge in [-0.2, -0.15) is 0 Å². The summed E-state index contributed by atoms with van der Waals surface area (Å²) in [5, 5.41) is 34.3. The third kappa shape index (κ3) is 16.5. The maximum Gasteiger partial charge on any atom is 0.338 e. The summed E-state index contributed by atoms with van der Waals surface area (Å²) in [5.41, 5.74) is -0.259. The van der Waals surface area contributed by atoms with Gasteiger partial charge in [-0.05, 0) is 50.2 Å². The summed E-state index contributed by atoms with van der Waals surface area (Å²) in [6.45, 7) is 6.83. The lowest BCUT2D eigenvalue weighted by atomic mass is 9.95. The van der Waals surface area contributed by atoms with E-state index in [9.17, 15) is 58.5 Å². The summed E-state index contributed by atoms with van der Waals surface area (Å²) in [6, 6.07) is 22.0. The second kappa shape index (κ2) is 29.5. The SMILES string of the molecule is CC(=O)O[C@@H]1[C@@H](OC(C)=O)[C@H](C)O[C@@H](O[C@@H]2[C@@H](OC(=O)c3ccccc3)[C@H](O[C@@H]3O[C@H](CO)[C@@H](O[C@@H]4O[C@@H](C)[C@H](OC(C)=O)[C@@H](OC(C)=O)[C@H]4OC(C)=O)[C@H](OC(=O)c4ccccc4)[C@H]3OC(=O)c3ccccc3)[C@@H](CO)O[C@H]2O)[C@@H]1OC(C)=O. The second-order valence-corrected chi connectivity index (χ2v) is 19.8. The van der Waals surface area contributed by atoms with E-state index >= 15 is 0 Å². The van der Waals surface area contributed by atoms with Crippen LogP contribution in [-0.2, 0) is 105 Å². The van der Waals surface area contributed by atoms with Gasteiger partial charge < -0.3 is 91.1 Å². The predicted octanol–water partition coefficient (Wildman–Crippen LogP) is 1.33. The summed E-state index contributed by atoms with van der Waals surface area (Å²) < 4.78 is 96.0. The number of aliphatic hydroxyl groups is 3. The number of hydrogen-bond acceptors (Lipinski definition) is 28. The molecule has 0 unspecified atom stereocenters. The first kappa shape index (κ1) is 65.0. The summed E-state index contributed by atoms with van der Waals surface area (Å²) in [6.07, 6.45) is -36.2. The second-order valence-electron chi connectivity index (χ2n) is 19.8. The number of esters is 9. The zero-order chi connectivity index (χ0) is 61.8. The van der Waals surface area contributed by atoms with E-state index in [4.69, 9.17) is 75.8 Å². The molecule has 0 aliphatic carbocycles. The molecule has 4 heterocycles. The van der Waals surface area contributed by atoms with Crippen molar-refractivity contribution in [2.75, 3.05) is 13.2 Å². The number of benzene rings is 3. The van der Waals surface area contributed by atoms with E-state index in [1.165, 1.54) is 86.6 Å². The van der Waals surface area contributed by atoms with Gasteiger partial charge in [0.15, 0.2) is 86.2 Å². The zero-order valence-corrected chi connectivity index (χ0v) is 47.2. The highest BCUT2D eigenvalue weighted by Crippen LogP contribution is 2.40. The van der Waals surface area contributed by atoms with Crippen molar-refractivity contribution >= 4 is 53.7 Å². The lowest BCUT2D eigenvalue weighted by Gasteiger charge is -2.50. The molecule has 85 heavy (non-hydrogen) atoms. The molecule has 0 bridgehead atoms. The summed E-state index contributed by atoms with van der Waals surface area (Å²) in [4.78, 5) is 119. The first-order valence-electron chi connectivity index (χ1n) is 26.8. The number of carbonyl (C=O) groups excluding carboxylic acids is 9. The van der Waals surface area contributed by atoms with Crippen LogP contribution in [-0.4, -0.2) is 205 Å². The van der Waals surface area contributed by atoms with Crippen LogP contribution in [0.1, 0.15) is 86.5 Å². The Labute approximate surface area is 485 Å². The van der Waals surface area contributed by atoms with E-state index in [1.807, 2.05) is 0 Å². The van der Waals surface area contributed by atoms with Gasteiger partial charge in [0, 0.05) is 41.5 Å². The molecule has 3 aromatic rings. The number of carbonyl (C=O) groups is 9. The fourth-order valence-electron chi connectivity index (χ4n) is 9.97. The maximum atomic E-state index is 14.5. The summed E-state index contributed by atoms with van der Waals surface area (Å²) >= 11 is 0. The van der Waals surface area contributed by atoms with Crippen molar-refractivity contribution in [2.45, 2.75) is 178 Å². The third-order valence-electron chi connectivity index (χ3n) is 13.5. The van der Waals surface area contributed by atoms with Gasteiger partial charge in [-0.25, -0.2) is 14.4 Å². The Bertz CT molecular complexity index is 2800. The number of rotatable bonds is 20. The minimum Gasteiger partial charge on any atom is -0.456 e. The number of ether oxygens (including phenoxy) is 16. The van der Waals surface area contributed by atoms with Gasteiger partial charge in [-0.1, -0.05) is 54.6 Å². The van der Waals surface area contributed by atoms with Crippen LogP contribution in [0, 0.1) is 0 Å². The van der Waals surface area contributed by atoms with Crippen LogP contribution in [0.3, 0.4) is 0 Å². The molecule has 7 rings (SSSR count). The predicted molar refractivity (Wildman–Crippen MR) is 277 cm³/mol. The first-order chi connectivity index (χ1) is 40.5. The fraction of sp³-hybridized carbons (Fsp3) is 0.526. The van der Waals surface area contributed by atoms with Crippen molar-refractivity contribution in [1.29, 1.82) is 0 Å². The van der Waals surface area contributed by atoms with Gasteiger partial charge in [-0.15, -0.1) is 0 Å². The average molecular weight is 1200 g/mol. The van der Waals surface area contributed by atoms with Crippen LogP contribution in [0.15, 0.2) is 91.0 Å². The average Bonchev–Trinajstić information content (AvgIpc) is 2.49. The molecule has 0 saturated carbocycles. The van der Waals surface area contributed by atoms with E-state index in [0.29, 0.717) is 0 Å². The van der Waals surface area contributed by atoms with Crippen molar-refractivity contribution < 1.29 is 134 Å². The van der Waals surface area contributed by atoms with Gasteiger partial charge in [0.1, 0.15) is 24.4 Å². The largest absolute Gasteiger partial charge is 0.456 e. The highest BCUT2D eigenvalue weighted by molar-refractivity contribution is 5.91. The smallest absolute Gasteiger partial charge is 0.338 e. The van der Waals surface area contributed by atoms with Crippen LogP contribution < -0.4 is 0 Å². The Morgan fingerprint density at radius 1 is 0.341 bits per heavy atom.